The van der Waals surface area contributed by atoms with Gasteiger partial charge in [0.15, 0.2) is 0 Å². The summed E-state index contributed by atoms with van der Waals surface area (Å²) in [6, 6.07) is 9.63. The molecule has 2 aliphatic heterocycles. The number of amides is 1. The first-order valence-electron chi connectivity index (χ1n) is 11.5. The molecule has 0 bridgehead atoms. The molecular weight excluding hydrogens is 392 g/mol. The zero-order chi connectivity index (χ0) is 21.5. The van der Waals surface area contributed by atoms with Gasteiger partial charge in [-0.15, -0.1) is 0 Å². The largest absolute Gasteiger partial charge is 0.383 e. The van der Waals surface area contributed by atoms with Gasteiger partial charge in [-0.3, -0.25) is 4.79 Å². The van der Waals surface area contributed by atoms with Crippen LogP contribution in [0.15, 0.2) is 42.7 Å². The fourth-order valence-corrected chi connectivity index (χ4v) is 4.64. The third-order valence-corrected chi connectivity index (χ3v) is 6.42. The number of nitrogens with zero attached hydrogens (tertiary/aromatic N) is 4. The first kappa shape index (κ1) is 22.0. The molecule has 3 heterocycles. The van der Waals surface area contributed by atoms with Crippen LogP contribution in [-0.4, -0.2) is 84.6 Å². The molecular formula is C24H34N4O3. The molecule has 7 nitrogen and oxygen atoms in total. The Bertz CT molecular complexity index is 812. The van der Waals surface area contributed by atoms with Crippen molar-refractivity contribution in [2.45, 2.75) is 31.8 Å². The Morgan fingerprint density at radius 1 is 1.19 bits per heavy atom. The second-order valence-corrected chi connectivity index (χ2v) is 8.59. The highest BCUT2D eigenvalue weighted by atomic mass is 16.5. The highest BCUT2D eigenvalue weighted by molar-refractivity contribution is 5.97. The van der Waals surface area contributed by atoms with Gasteiger partial charge in [0.1, 0.15) is 0 Å². The van der Waals surface area contributed by atoms with Crippen molar-refractivity contribution in [2.24, 2.45) is 5.92 Å². The van der Waals surface area contributed by atoms with E-state index in [0.717, 1.165) is 70.8 Å². The summed E-state index contributed by atoms with van der Waals surface area (Å²) in [6.07, 6.45) is 8.09. The molecule has 0 aliphatic carbocycles. The van der Waals surface area contributed by atoms with E-state index in [-0.39, 0.29) is 12.0 Å². The molecule has 168 valence electrons. The summed E-state index contributed by atoms with van der Waals surface area (Å²) >= 11 is 0. The van der Waals surface area contributed by atoms with E-state index in [0.29, 0.717) is 18.0 Å². The molecule has 1 atom stereocenters. The third kappa shape index (κ3) is 5.73. The quantitative estimate of drug-likeness (QED) is 0.617. The first-order valence-corrected chi connectivity index (χ1v) is 11.5. The Morgan fingerprint density at radius 2 is 2.03 bits per heavy atom. The zero-order valence-corrected chi connectivity index (χ0v) is 18.5. The fourth-order valence-electron chi connectivity index (χ4n) is 4.64. The van der Waals surface area contributed by atoms with Crippen LogP contribution in [0.3, 0.4) is 0 Å². The third-order valence-electron chi connectivity index (χ3n) is 6.42. The van der Waals surface area contributed by atoms with E-state index >= 15 is 0 Å². The minimum absolute atomic E-state index is 0.0726. The smallest absolute Gasteiger partial charge is 0.256 e. The Kier molecular flexibility index (Phi) is 7.72. The highest BCUT2D eigenvalue weighted by Crippen LogP contribution is 2.23. The van der Waals surface area contributed by atoms with Gasteiger partial charge in [-0.05, 0) is 62.9 Å². The maximum Gasteiger partial charge on any atom is 0.256 e. The molecule has 2 aliphatic rings. The summed E-state index contributed by atoms with van der Waals surface area (Å²) in [5, 5.41) is 4.35. The van der Waals surface area contributed by atoms with Crippen LogP contribution in [0.2, 0.25) is 0 Å². The number of benzene rings is 1. The molecule has 2 aromatic rings. The van der Waals surface area contributed by atoms with Crippen LogP contribution >= 0.6 is 0 Å². The number of hydrogen-bond acceptors (Lipinski definition) is 5. The molecule has 31 heavy (non-hydrogen) atoms. The number of piperidine rings is 1. The van der Waals surface area contributed by atoms with Crippen LogP contribution in [-0.2, 0) is 9.47 Å². The molecule has 2 saturated heterocycles. The van der Waals surface area contributed by atoms with Crippen LogP contribution in [0.4, 0.5) is 0 Å². The number of aromatic nitrogens is 2. The second-order valence-electron chi connectivity index (χ2n) is 8.59. The van der Waals surface area contributed by atoms with Crippen molar-refractivity contribution < 1.29 is 14.3 Å². The number of carbonyl (C=O) groups is 1. The van der Waals surface area contributed by atoms with Gasteiger partial charge in [0.2, 0.25) is 0 Å². The molecule has 0 N–H and O–H groups in total. The van der Waals surface area contributed by atoms with Gasteiger partial charge < -0.3 is 19.3 Å². The van der Waals surface area contributed by atoms with Crippen LogP contribution < -0.4 is 0 Å². The highest BCUT2D eigenvalue weighted by Gasteiger charge is 2.29. The summed E-state index contributed by atoms with van der Waals surface area (Å²) in [7, 11) is 1.75. The minimum Gasteiger partial charge on any atom is -0.383 e. The molecule has 0 unspecified atom stereocenters. The van der Waals surface area contributed by atoms with Crippen LogP contribution in [0.25, 0.3) is 5.69 Å². The summed E-state index contributed by atoms with van der Waals surface area (Å²) in [5.41, 5.74) is 1.52. The van der Waals surface area contributed by atoms with Crippen molar-refractivity contribution >= 4 is 5.91 Å². The zero-order valence-electron chi connectivity index (χ0n) is 18.5. The van der Waals surface area contributed by atoms with Crippen LogP contribution in [0.1, 0.15) is 36.0 Å². The summed E-state index contributed by atoms with van der Waals surface area (Å²) in [5.74, 6) is 0.587. The average Bonchev–Trinajstić information content (AvgIpc) is 3.52. The van der Waals surface area contributed by atoms with Gasteiger partial charge in [0.25, 0.3) is 5.91 Å². The number of methoxy groups -OCH3 is 1. The predicted molar refractivity (Wildman–Crippen MR) is 119 cm³/mol. The monoisotopic (exact) mass is 426 g/mol. The predicted octanol–water partition coefficient (Wildman–Crippen LogP) is 2.85. The van der Waals surface area contributed by atoms with E-state index in [4.69, 9.17) is 9.47 Å². The number of ether oxygens (including phenoxy) is 2. The Balaban J connectivity index is 1.47. The molecule has 0 radical (unpaired) electrons. The van der Waals surface area contributed by atoms with E-state index in [1.54, 1.807) is 18.0 Å². The van der Waals surface area contributed by atoms with Gasteiger partial charge in [-0.2, -0.15) is 5.10 Å². The molecule has 4 rings (SSSR count). The van der Waals surface area contributed by atoms with Crippen LogP contribution in [0, 0.1) is 5.92 Å². The van der Waals surface area contributed by atoms with Crippen molar-refractivity contribution in [1.29, 1.82) is 0 Å². The standard InChI is InChI=1S/C24H34N4O3/c1-30-17-15-26-13-9-20(10-14-26)18-27(19-21-6-4-16-31-21)24(29)22-7-2-3-8-23(22)28-12-5-11-25-28/h2-3,5,7-8,11-12,20-21H,4,6,9-10,13-19H2,1H3/t21-/m1/s1. The van der Waals surface area contributed by atoms with Gasteiger partial charge in [0, 0.05) is 45.7 Å². The lowest BCUT2D eigenvalue weighted by molar-refractivity contribution is 0.0437. The van der Waals surface area contributed by atoms with Gasteiger partial charge in [-0.1, -0.05) is 12.1 Å². The minimum atomic E-state index is 0.0726. The Hall–Kier alpha value is -2.22. The van der Waals surface area contributed by atoms with Crippen molar-refractivity contribution in [2.75, 3.05) is 53.0 Å². The topological polar surface area (TPSA) is 59.8 Å². The van der Waals surface area contributed by atoms with E-state index in [1.807, 2.05) is 41.4 Å². The summed E-state index contributed by atoms with van der Waals surface area (Å²) in [4.78, 5) is 18.2. The van der Waals surface area contributed by atoms with E-state index in [2.05, 4.69) is 10.00 Å². The maximum atomic E-state index is 13.7. The number of para-hydroxylation sites is 1. The molecule has 0 saturated carbocycles. The molecule has 7 heteroatoms. The van der Waals surface area contributed by atoms with E-state index in [9.17, 15) is 4.79 Å². The lowest BCUT2D eigenvalue weighted by Crippen LogP contribution is -2.44. The Labute approximate surface area is 184 Å². The lowest BCUT2D eigenvalue weighted by Gasteiger charge is -2.35. The maximum absolute atomic E-state index is 13.7. The van der Waals surface area contributed by atoms with Crippen molar-refractivity contribution in [3.05, 3.63) is 48.3 Å². The molecule has 0 spiro atoms. The molecule has 1 aromatic heterocycles. The SMILES string of the molecule is COCCN1CCC(CN(C[C@H]2CCCO2)C(=O)c2ccccc2-n2cccn2)CC1. The number of carbonyl (C=O) groups excluding carboxylic acids is 1. The van der Waals surface area contributed by atoms with Crippen LogP contribution in [0.5, 0.6) is 0 Å². The number of hydrogen-bond donors (Lipinski definition) is 0. The number of rotatable bonds is 9. The molecule has 2 fully saturated rings. The van der Waals surface area contributed by atoms with Gasteiger partial charge >= 0.3 is 0 Å². The molecule has 1 aromatic carbocycles. The summed E-state index contributed by atoms with van der Waals surface area (Å²) < 4.78 is 12.9. The van der Waals surface area contributed by atoms with E-state index in [1.165, 1.54) is 0 Å². The van der Waals surface area contributed by atoms with Crippen molar-refractivity contribution in [3.8, 4) is 5.69 Å². The Morgan fingerprint density at radius 3 is 2.74 bits per heavy atom. The van der Waals surface area contributed by atoms with Crippen molar-refractivity contribution in [1.82, 2.24) is 19.6 Å². The van der Waals surface area contributed by atoms with E-state index < -0.39 is 0 Å². The van der Waals surface area contributed by atoms with Gasteiger partial charge in [-0.25, -0.2) is 4.68 Å². The molecule has 1 amide bonds. The number of likely N-dealkylation sites (tertiary alicyclic amines) is 1. The van der Waals surface area contributed by atoms with Gasteiger partial charge in [0.05, 0.1) is 24.0 Å². The average molecular weight is 427 g/mol. The van der Waals surface area contributed by atoms with Crippen molar-refractivity contribution in [3.63, 3.8) is 0 Å². The lowest BCUT2D eigenvalue weighted by atomic mass is 9.95. The first-order chi connectivity index (χ1) is 15.2. The fraction of sp³-hybridized carbons (Fsp3) is 0.583. The normalized spacial score (nSPS) is 20.2. The second kappa shape index (κ2) is 10.9. The summed E-state index contributed by atoms with van der Waals surface area (Å²) in [6.45, 7) is 6.14.